The third-order valence-electron chi connectivity index (χ3n) is 3.10. The Balaban J connectivity index is 2.36. The lowest BCUT2D eigenvalue weighted by Gasteiger charge is -2.24. The van der Waals surface area contributed by atoms with Crippen LogP contribution < -0.4 is 15.7 Å². The summed E-state index contributed by atoms with van der Waals surface area (Å²) < 4.78 is 0. The van der Waals surface area contributed by atoms with Crippen LogP contribution in [0.15, 0.2) is 60.7 Å². The van der Waals surface area contributed by atoms with E-state index >= 15 is 0 Å². The number of rotatable bonds is 6. The van der Waals surface area contributed by atoms with E-state index in [2.05, 4.69) is 60.5 Å². The Labute approximate surface area is 121 Å². The Hall–Kier alpha value is -0.950. The maximum atomic E-state index is 6.05. The van der Waals surface area contributed by atoms with Gasteiger partial charge in [0.05, 0.1) is 6.19 Å². The van der Waals surface area contributed by atoms with E-state index < -0.39 is 6.19 Å². The minimum absolute atomic E-state index is 0.984. The van der Waals surface area contributed by atoms with Crippen LogP contribution in [0.25, 0.3) is 0 Å². The van der Waals surface area contributed by atoms with E-state index in [4.69, 9.17) is 11.8 Å². The van der Waals surface area contributed by atoms with Gasteiger partial charge in [0.1, 0.15) is 0 Å². The average Bonchev–Trinajstić information content (AvgIpc) is 2.49. The molecule has 0 aromatic heterocycles. The fourth-order valence-corrected chi connectivity index (χ4v) is 5.35. The first-order valence-electron chi connectivity index (χ1n) is 6.74. The lowest BCUT2D eigenvalue weighted by molar-refractivity contribution is 0.773. The molecule has 1 N–H and O–H groups in total. The fraction of sp³-hybridized carbons (Fsp3) is 0.250. The summed E-state index contributed by atoms with van der Waals surface area (Å²) in [5.41, 5.74) is 0. The molecule has 0 atom stereocenters. The first-order valence-corrected chi connectivity index (χ1v) is 9.54. The summed E-state index contributed by atoms with van der Waals surface area (Å²) in [7, 11) is 0. The summed E-state index contributed by atoms with van der Waals surface area (Å²) in [4.78, 5) is 0. The van der Waals surface area contributed by atoms with Gasteiger partial charge in [-0.2, -0.15) is 0 Å². The van der Waals surface area contributed by atoms with Crippen molar-refractivity contribution in [1.29, 1.82) is 0 Å². The van der Waals surface area contributed by atoms with Crippen LogP contribution >= 0.6 is 6.19 Å². The number of unbranched alkanes of at least 4 members (excludes halogenated alkanes) is 1. The Bertz CT molecular complexity index is 496. The van der Waals surface area contributed by atoms with E-state index in [0.29, 0.717) is 0 Å². The largest absolute Gasteiger partial charge is 0.282 e. The van der Waals surface area contributed by atoms with Crippen molar-refractivity contribution in [2.75, 3.05) is 6.54 Å². The van der Waals surface area contributed by atoms with Crippen LogP contribution in [0.3, 0.4) is 0 Å². The topological polar surface area (TPSA) is 12.0 Å². The molecule has 0 amide bonds. The molecule has 0 aliphatic rings. The summed E-state index contributed by atoms with van der Waals surface area (Å²) in [6, 6.07) is 20.9. The molecule has 19 heavy (non-hydrogen) atoms. The lowest BCUT2D eigenvalue weighted by Crippen LogP contribution is -2.27. The zero-order valence-electron chi connectivity index (χ0n) is 11.3. The molecule has 0 saturated heterocycles. The van der Waals surface area contributed by atoms with Crippen LogP contribution in [-0.4, -0.2) is 6.54 Å². The van der Waals surface area contributed by atoms with Gasteiger partial charge in [-0.15, -0.1) is 0 Å². The fourth-order valence-electron chi connectivity index (χ4n) is 2.02. The second-order valence-corrected chi connectivity index (χ2v) is 8.75. The van der Waals surface area contributed by atoms with E-state index in [0.717, 1.165) is 13.0 Å². The Morgan fingerprint density at radius 3 is 1.79 bits per heavy atom. The van der Waals surface area contributed by atoms with E-state index in [1.165, 1.54) is 17.0 Å². The molecule has 2 rings (SSSR count). The van der Waals surface area contributed by atoms with Crippen LogP contribution in [0.5, 0.6) is 0 Å². The van der Waals surface area contributed by atoms with Crippen molar-refractivity contribution < 1.29 is 0 Å². The first kappa shape index (κ1) is 14.5. The molecule has 3 heteroatoms. The molecule has 2 aromatic carbocycles. The minimum atomic E-state index is -1.87. The third kappa shape index (κ3) is 3.54. The standard InChI is InChI=1S/C16H20NPS/c1-2-3-14-17-18(19,15-10-6-4-7-11-15)16-12-8-5-9-13-16/h4-13H,2-3,14H2,1H3,(H,17,19). The molecule has 100 valence electrons. The quantitative estimate of drug-likeness (QED) is 0.646. The summed E-state index contributed by atoms with van der Waals surface area (Å²) >= 11 is 6.05. The molecule has 0 bridgehead atoms. The van der Waals surface area contributed by atoms with Gasteiger partial charge >= 0.3 is 0 Å². The molecule has 0 fully saturated rings. The van der Waals surface area contributed by atoms with E-state index in [1.54, 1.807) is 0 Å². The van der Waals surface area contributed by atoms with E-state index in [9.17, 15) is 0 Å². The second kappa shape index (κ2) is 7.00. The molecule has 1 nitrogen and oxygen atoms in total. The molecule has 0 heterocycles. The van der Waals surface area contributed by atoms with Crippen molar-refractivity contribution in [1.82, 2.24) is 5.09 Å². The van der Waals surface area contributed by atoms with Crippen molar-refractivity contribution >= 4 is 28.6 Å². The van der Waals surface area contributed by atoms with Crippen molar-refractivity contribution in [2.45, 2.75) is 19.8 Å². The van der Waals surface area contributed by atoms with Crippen LogP contribution in [0.4, 0.5) is 0 Å². The van der Waals surface area contributed by atoms with Crippen LogP contribution in [-0.2, 0) is 11.8 Å². The maximum Gasteiger partial charge on any atom is 0.0684 e. The Morgan fingerprint density at radius 1 is 0.895 bits per heavy atom. The molecule has 0 aliphatic carbocycles. The highest BCUT2D eigenvalue weighted by molar-refractivity contribution is 8.20. The molecule has 0 saturated carbocycles. The number of hydrogen-bond donors (Lipinski definition) is 1. The zero-order chi connectivity index (χ0) is 13.6. The van der Waals surface area contributed by atoms with Crippen molar-refractivity contribution in [3.63, 3.8) is 0 Å². The van der Waals surface area contributed by atoms with Gasteiger partial charge < -0.3 is 0 Å². The molecule has 0 unspecified atom stereocenters. The minimum Gasteiger partial charge on any atom is -0.282 e. The molecule has 0 spiro atoms. The zero-order valence-corrected chi connectivity index (χ0v) is 13.0. The van der Waals surface area contributed by atoms with Crippen molar-refractivity contribution in [3.8, 4) is 0 Å². The van der Waals surface area contributed by atoms with Crippen LogP contribution in [0.2, 0.25) is 0 Å². The highest BCUT2D eigenvalue weighted by Crippen LogP contribution is 2.38. The van der Waals surface area contributed by atoms with E-state index in [1.807, 2.05) is 12.1 Å². The smallest absolute Gasteiger partial charge is 0.0684 e. The predicted molar refractivity (Wildman–Crippen MR) is 89.3 cm³/mol. The lowest BCUT2D eigenvalue weighted by atomic mass is 10.3. The van der Waals surface area contributed by atoms with Gasteiger partial charge in [-0.3, -0.25) is 5.09 Å². The number of benzene rings is 2. The van der Waals surface area contributed by atoms with E-state index in [-0.39, 0.29) is 0 Å². The van der Waals surface area contributed by atoms with Gasteiger partial charge in [-0.25, -0.2) is 0 Å². The average molecular weight is 289 g/mol. The summed E-state index contributed by atoms with van der Waals surface area (Å²) in [5.74, 6) is 0. The van der Waals surface area contributed by atoms with Gasteiger partial charge in [-0.05, 0) is 6.42 Å². The third-order valence-corrected chi connectivity index (χ3v) is 7.48. The summed E-state index contributed by atoms with van der Waals surface area (Å²) in [5, 5.41) is 6.14. The van der Waals surface area contributed by atoms with Gasteiger partial charge in [0.2, 0.25) is 0 Å². The van der Waals surface area contributed by atoms with Gasteiger partial charge in [0, 0.05) is 17.2 Å². The normalized spacial score (nSPS) is 11.4. The van der Waals surface area contributed by atoms with Crippen molar-refractivity contribution in [2.24, 2.45) is 0 Å². The van der Waals surface area contributed by atoms with Crippen LogP contribution in [0, 0.1) is 0 Å². The van der Waals surface area contributed by atoms with Gasteiger partial charge in [-0.1, -0.05) is 85.8 Å². The first-order chi connectivity index (χ1) is 9.27. The predicted octanol–water partition coefficient (Wildman–Crippen LogP) is 3.42. The van der Waals surface area contributed by atoms with Gasteiger partial charge in [0.15, 0.2) is 0 Å². The number of hydrogen-bond acceptors (Lipinski definition) is 1. The highest BCUT2D eigenvalue weighted by Gasteiger charge is 2.20. The SMILES string of the molecule is CCCCNP(=S)(c1ccccc1)c1ccccc1. The van der Waals surface area contributed by atoms with Crippen LogP contribution in [0.1, 0.15) is 19.8 Å². The number of nitrogens with one attached hydrogen (secondary N) is 1. The van der Waals surface area contributed by atoms with Gasteiger partial charge in [0.25, 0.3) is 0 Å². The highest BCUT2D eigenvalue weighted by atomic mass is 32.4. The monoisotopic (exact) mass is 289 g/mol. The second-order valence-electron chi connectivity index (χ2n) is 4.54. The van der Waals surface area contributed by atoms with Crippen molar-refractivity contribution in [3.05, 3.63) is 60.7 Å². The summed E-state index contributed by atoms with van der Waals surface area (Å²) in [6.07, 6.45) is 0.481. The molecule has 2 aromatic rings. The molecular weight excluding hydrogens is 269 g/mol. The Morgan fingerprint density at radius 2 is 1.37 bits per heavy atom. The maximum absolute atomic E-state index is 6.05. The molecular formula is C16H20NPS. The molecule has 0 radical (unpaired) electrons. The summed E-state index contributed by atoms with van der Waals surface area (Å²) in [6.45, 7) is 3.19. The Kier molecular flexibility index (Phi) is 5.33. The molecule has 0 aliphatic heterocycles.